The Balaban J connectivity index is 1.84. The summed E-state index contributed by atoms with van der Waals surface area (Å²) in [5.74, 6) is -0.395. The molecule has 0 saturated heterocycles. The van der Waals surface area contributed by atoms with E-state index >= 15 is 0 Å². The molecule has 0 radical (unpaired) electrons. The molecular formula is C24H28F3NO3. The van der Waals surface area contributed by atoms with Crippen LogP contribution in [-0.2, 0) is 22.1 Å². The van der Waals surface area contributed by atoms with E-state index in [0.717, 1.165) is 41.7 Å². The van der Waals surface area contributed by atoms with Crippen molar-refractivity contribution in [3.05, 3.63) is 76.9 Å². The lowest BCUT2D eigenvalue weighted by atomic mass is 10.0. The molecule has 2 rings (SSSR count). The number of hydrogen-bond donors (Lipinski definition) is 2. The van der Waals surface area contributed by atoms with Crippen molar-refractivity contribution in [2.45, 2.75) is 45.0 Å². The molecule has 0 unspecified atom stereocenters. The minimum absolute atomic E-state index is 0.0704. The predicted octanol–water partition coefficient (Wildman–Crippen LogP) is 4.93. The van der Waals surface area contributed by atoms with E-state index in [1.165, 1.54) is 25.3 Å². The van der Waals surface area contributed by atoms with Crippen LogP contribution in [0.5, 0.6) is 0 Å². The van der Waals surface area contributed by atoms with Crippen LogP contribution >= 0.6 is 0 Å². The summed E-state index contributed by atoms with van der Waals surface area (Å²) in [6.07, 6.45) is -2.41. The van der Waals surface area contributed by atoms with E-state index in [0.29, 0.717) is 0 Å². The fourth-order valence-corrected chi connectivity index (χ4v) is 3.09. The van der Waals surface area contributed by atoms with E-state index in [1.54, 1.807) is 0 Å². The quantitative estimate of drug-likeness (QED) is 0.433. The summed E-state index contributed by atoms with van der Waals surface area (Å²) in [5.41, 5.74) is 2.35. The molecule has 2 N–H and O–H groups in total. The van der Waals surface area contributed by atoms with Crippen LogP contribution in [-0.4, -0.2) is 30.8 Å². The van der Waals surface area contributed by atoms with Gasteiger partial charge in [0.1, 0.15) is 0 Å². The van der Waals surface area contributed by atoms with Gasteiger partial charge in [-0.1, -0.05) is 36.4 Å². The van der Waals surface area contributed by atoms with Gasteiger partial charge in [-0.15, -0.1) is 0 Å². The highest BCUT2D eigenvalue weighted by Gasteiger charge is 2.30. The Morgan fingerprint density at radius 2 is 1.87 bits per heavy atom. The zero-order valence-electron chi connectivity index (χ0n) is 17.9. The molecule has 31 heavy (non-hydrogen) atoms. The van der Waals surface area contributed by atoms with Gasteiger partial charge in [-0.2, -0.15) is 13.2 Å². The van der Waals surface area contributed by atoms with E-state index in [2.05, 4.69) is 10.1 Å². The predicted molar refractivity (Wildman–Crippen MR) is 114 cm³/mol. The number of alkyl halides is 3. The number of ether oxygens (including phenoxy) is 1. The van der Waals surface area contributed by atoms with Crippen molar-refractivity contribution in [3.8, 4) is 0 Å². The van der Waals surface area contributed by atoms with Gasteiger partial charge >= 0.3 is 12.1 Å². The molecule has 0 amide bonds. The molecular weight excluding hydrogens is 407 g/mol. The third-order valence-corrected chi connectivity index (χ3v) is 5.07. The second-order valence-electron chi connectivity index (χ2n) is 7.53. The number of allylic oxidation sites excluding steroid dienone is 1. The summed E-state index contributed by atoms with van der Waals surface area (Å²) in [7, 11) is 1.34. The first-order chi connectivity index (χ1) is 14.6. The Morgan fingerprint density at radius 3 is 2.48 bits per heavy atom. The largest absolute Gasteiger partial charge is 0.466 e. The lowest BCUT2D eigenvalue weighted by Gasteiger charge is -2.18. The maximum atomic E-state index is 12.8. The number of nitrogens with one attached hydrogen (secondary N) is 1. The highest BCUT2D eigenvalue weighted by Crippen LogP contribution is 2.30. The minimum Gasteiger partial charge on any atom is -0.466 e. The summed E-state index contributed by atoms with van der Waals surface area (Å²) in [6.45, 7) is 3.98. The zero-order chi connectivity index (χ0) is 23.0. The third kappa shape index (κ3) is 7.84. The number of benzene rings is 2. The molecule has 0 heterocycles. The van der Waals surface area contributed by atoms with Crippen LogP contribution in [0.15, 0.2) is 54.6 Å². The molecule has 2 aromatic carbocycles. The first kappa shape index (κ1) is 24.6. The highest BCUT2D eigenvalue weighted by molar-refractivity contribution is 5.90. The summed E-state index contributed by atoms with van der Waals surface area (Å²) in [4.78, 5) is 11.3. The van der Waals surface area contributed by atoms with Gasteiger partial charge in [-0.25, -0.2) is 4.79 Å². The van der Waals surface area contributed by atoms with Crippen molar-refractivity contribution in [2.24, 2.45) is 0 Å². The fourth-order valence-electron chi connectivity index (χ4n) is 3.09. The van der Waals surface area contributed by atoms with Gasteiger partial charge < -0.3 is 15.2 Å². The van der Waals surface area contributed by atoms with Gasteiger partial charge in [0.2, 0.25) is 0 Å². The number of aliphatic hydroxyl groups is 1. The van der Waals surface area contributed by atoms with Crippen molar-refractivity contribution in [2.75, 3.05) is 13.7 Å². The molecule has 0 bridgehead atoms. The maximum Gasteiger partial charge on any atom is 0.416 e. The van der Waals surface area contributed by atoms with Crippen LogP contribution < -0.4 is 5.32 Å². The molecule has 4 nitrogen and oxygen atoms in total. The molecule has 0 spiro atoms. The van der Waals surface area contributed by atoms with Crippen molar-refractivity contribution in [1.82, 2.24) is 5.32 Å². The second kappa shape index (κ2) is 11.1. The molecule has 7 heteroatoms. The van der Waals surface area contributed by atoms with Gasteiger partial charge in [-0.05, 0) is 61.1 Å². The van der Waals surface area contributed by atoms with Gasteiger partial charge in [0.25, 0.3) is 0 Å². The van der Waals surface area contributed by atoms with Crippen LogP contribution in [0, 0.1) is 0 Å². The lowest BCUT2D eigenvalue weighted by molar-refractivity contribution is -0.137. The average molecular weight is 435 g/mol. The van der Waals surface area contributed by atoms with Gasteiger partial charge in [0.15, 0.2) is 0 Å². The number of esters is 1. The first-order valence-corrected chi connectivity index (χ1v) is 10.0. The smallest absolute Gasteiger partial charge is 0.416 e. The summed E-state index contributed by atoms with van der Waals surface area (Å²) in [5, 5.41) is 13.4. The molecule has 0 aliphatic heterocycles. The molecule has 0 saturated carbocycles. The first-order valence-electron chi connectivity index (χ1n) is 10.0. The maximum absolute atomic E-state index is 12.8. The molecule has 2 atom stereocenters. The summed E-state index contributed by atoms with van der Waals surface area (Å²) in [6, 6.07) is 12.7. The average Bonchev–Trinajstić information content (AvgIpc) is 2.75. The third-order valence-electron chi connectivity index (χ3n) is 5.07. The summed E-state index contributed by atoms with van der Waals surface area (Å²) < 4.78 is 43.1. The minimum atomic E-state index is -4.43. The van der Waals surface area contributed by atoms with Gasteiger partial charge in [0, 0.05) is 18.7 Å². The standard InChI is InChI=1S/C24H28F3NO3/c1-16(13-23(30)31-3)19-11-9-18(10-12-19)8-7-17(2)28-15-22(29)20-5-4-6-21(14-20)24(25,26)27/h4-6,9-14,17,22,28-29H,7-8,15H2,1-3H3/t17-,22-/m0/s1. The van der Waals surface area contributed by atoms with Crippen LogP contribution in [0.4, 0.5) is 13.2 Å². The number of aliphatic hydroxyl groups excluding tert-OH is 1. The number of halogens is 3. The van der Waals surface area contributed by atoms with Crippen molar-refractivity contribution in [1.29, 1.82) is 0 Å². The van der Waals surface area contributed by atoms with Gasteiger partial charge in [-0.3, -0.25) is 0 Å². The Kier molecular flexibility index (Phi) is 8.83. The topological polar surface area (TPSA) is 58.6 Å². The molecule has 0 aliphatic rings. The van der Waals surface area contributed by atoms with Gasteiger partial charge in [0.05, 0.1) is 18.8 Å². The van der Waals surface area contributed by atoms with Crippen LogP contribution in [0.25, 0.3) is 5.57 Å². The van der Waals surface area contributed by atoms with E-state index in [4.69, 9.17) is 0 Å². The SMILES string of the molecule is COC(=O)C=C(C)c1ccc(CC[C@H](C)NC[C@H](O)c2cccc(C(F)(F)F)c2)cc1. The number of hydrogen-bond acceptors (Lipinski definition) is 4. The normalized spacial score (nSPS) is 14.2. The fraction of sp³-hybridized carbons (Fsp3) is 0.375. The lowest BCUT2D eigenvalue weighted by Crippen LogP contribution is -2.30. The van der Waals surface area contributed by atoms with Crippen molar-refractivity contribution in [3.63, 3.8) is 0 Å². The van der Waals surface area contributed by atoms with E-state index in [1.807, 2.05) is 38.1 Å². The highest BCUT2D eigenvalue weighted by atomic mass is 19.4. The Labute approximate surface area is 180 Å². The van der Waals surface area contributed by atoms with Crippen molar-refractivity contribution >= 4 is 11.5 Å². The molecule has 2 aromatic rings. The van der Waals surface area contributed by atoms with Crippen LogP contribution in [0.1, 0.15) is 48.6 Å². The Morgan fingerprint density at radius 1 is 1.19 bits per heavy atom. The molecule has 0 aromatic heterocycles. The summed E-state index contributed by atoms with van der Waals surface area (Å²) >= 11 is 0. The van der Waals surface area contributed by atoms with E-state index in [-0.39, 0.29) is 18.2 Å². The van der Waals surface area contributed by atoms with Crippen LogP contribution in [0.3, 0.4) is 0 Å². The second-order valence-corrected chi connectivity index (χ2v) is 7.53. The Bertz CT molecular complexity index is 892. The van der Waals surface area contributed by atoms with Crippen LogP contribution in [0.2, 0.25) is 0 Å². The number of carbonyl (C=O) groups excluding carboxylic acids is 1. The van der Waals surface area contributed by atoms with E-state index < -0.39 is 23.8 Å². The van der Waals surface area contributed by atoms with E-state index in [9.17, 15) is 23.1 Å². The molecule has 0 aliphatic carbocycles. The molecule has 168 valence electrons. The monoisotopic (exact) mass is 435 g/mol. The number of carbonyl (C=O) groups is 1. The number of aryl methyl sites for hydroxylation is 1. The Hall–Kier alpha value is -2.64. The number of methoxy groups -OCH3 is 1. The van der Waals surface area contributed by atoms with Crippen molar-refractivity contribution < 1.29 is 27.8 Å². The molecule has 0 fully saturated rings. The number of rotatable bonds is 9. The zero-order valence-corrected chi connectivity index (χ0v) is 17.9.